The van der Waals surface area contributed by atoms with Crippen LogP contribution in [0.25, 0.3) is 0 Å². The van der Waals surface area contributed by atoms with Crippen molar-refractivity contribution < 1.29 is 19.2 Å². The second-order valence-corrected chi connectivity index (χ2v) is 7.56. The van der Waals surface area contributed by atoms with Gasteiger partial charge < -0.3 is 15.5 Å². The molecule has 4 unspecified atom stereocenters. The zero-order chi connectivity index (χ0) is 18.0. The van der Waals surface area contributed by atoms with E-state index < -0.39 is 23.8 Å². The molecule has 1 saturated heterocycles. The van der Waals surface area contributed by atoms with Crippen molar-refractivity contribution in [3.8, 4) is 0 Å². The van der Waals surface area contributed by atoms with E-state index >= 15 is 0 Å². The summed E-state index contributed by atoms with van der Waals surface area (Å²) in [6.07, 6.45) is 6.70. The number of Topliss-reactive ketones (excluding diaryl/α,β-unsaturated/α-hetero) is 1. The molecule has 7 heteroatoms. The average Bonchev–Trinajstić information content (AvgIpc) is 3.16. The van der Waals surface area contributed by atoms with Crippen molar-refractivity contribution in [2.75, 3.05) is 6.54 Å². The Bertz CT molecular complexity index is 561. The molecule has 2 saturated carbocycles. The summed E-state index contributed by atoms with van der Waals surface area (Å²) in [7, 11) is 0. The topological polar surface area (TPSA) is 95.6 Å². The lowest BCUT2D eigenvalue weighted by Crippen LogP contribution is -2.53. The largest absolute Gasteiger partial charge is 0.347 e. The quantitative estimate of drug-likeness (QED) is 0.489. The molecule has 3 aliphatic rings. The lowest BCUT2D eigenvalue weighted by Gasteiger charge is -2.26. The summed E-state index contributed by atoms with van der Waals surface area (Å²) in [5, 5.41) is 5.45. The van der Waals surface area contributed by atoms with Crippen molar-refractivity contribution in [3.63, 3.8) is 0 Å². The molecule has 0 aromatic carbocycles. The van der Waals surface area contributed by atoms with Crippen LogP contribution in [0.5, 0.6) is 0 Å². The van der Waals surface area contributed by atoms with Crippen LogP contribution in [-0.4, -0.2) is 53.6 Å². The van der Waals surface area contributed by atoms with Crippen LogP contribution >= 0.6 is 0 Å². The third-order valence-electron chi connectivity index (χ3n) is 5.68. The highest BCUT2D eigenvalue weighted by atomic mass is 16.2. The predicted molar refractivity (Wildman–Crippen MR) is 90.4 cm³/mol. The van der Waals surface area contributed by atoms with Gasteiger partial charge in [0.2, 0.25) is 18.1 Å². The summed E-state index contributed by atoms with van der Waals surface area (Å²) in [5.74, 6) is -0.950. The average molecular weight is 349 g/mol. The number of hydrogen-bond donors (Lipinski definition) is 2. The molecule has 1 aliphatic heterocycles. The summed E-state index contributed by atoms with van der Waals surface area (Å²) in [4.78, 5) is 50.2. The molecule has 138 valence electrons. The van der Waals surface area contributed by atoms with Gasteiger partial charge >= 0.3 is 0 Å². The molecule has 0 bridgehead atoms. The minimum absolute atomic E-state index is 0.106. The first-order valence-corrected chi connectivity index (χ1v) is 9.41. The first-order valence-electron chi connectivity index (χ1n) is 9.41. The van der Waals surface area contributed by atoms with Crippen LogP contribution in [0.2, 0.25) is 0 Å². The molecule has 3 rings (SSSR count). The van der Waals surface area contributed by atoms with E-state index in [2.05, 4.69) is 10.6 Å². The molecule has 3 fully saturated rings. The fraction of sp³-hybridized carbons (Fsp3) is 0.778. The van der Waals surface area contributed by atoms with E-state index in [0.717, 1.165) is 38.5 Å². The molecular weight excluding hydrogens is 322 g/mol. The van der Waals surface area contributed by atoms with Gasteiger partial charge in [0.25, 0.3) is 5.91 Å². The fourth-order valence-electron chi connectivity index (χ4n) is 4.25. The van der Waals surface area contributed by atoms with Gasteiger partial charge in [0.05, 0.1) is 6.04 Å². The van der Waals surface area contributed by atoms with Crippen LogP contribution in [-0.2, 0) is 19.2 Å². The summed E-state index contributed by atoms with van der Waals surface area (Å²) >= 11 is 0. The van der Waals surface area contributed by atoms with Crippen molar-refractivity contribution in [1.82, 2.24) is 15.5 Å². The van der Waals surface area contributed by atoms with Crippen LogP contribution in [0, 0.1) is 11.8 Å². The third kappa shape index (κ3) is 3.85. The van der Waals surface area contributed by atoms with Crippen LogP contribution in [0.15, 0.2) is 0 Å². The Balaban J connectivity index is 1.65. The SMILES string of the molecule is CCCC(NC(=O)C1C2CCCC2CN1C=O)C(=O)C(=O)NC1CC1. The number of ketones is 1. The second-order valence-electron chi connectivity index (χ2n) is 7.56. The Morgan fingerprint density at radius 2 is 1.96 bits per heavy atom. The molecule has 2 N–H and O–H groups in total. The van der Waals surface area contributed by atoms with Crippen LogP contribution in [0.1, 0.15) is 51.9 Å². The monoisotopic (exact) mass is 349 g/mol. The maximum absolute atomic E-state index is 12.8. The number of rotatable bonds is 8. The van der Waals surface area contributed by atoms with Gasteiger partial charge in [-0.05, 0) is 43.9 Å². The number of hydrogen-bond acceptors (Lipinski definition) is 4. The Labute approximate surface area is 147 Å². The molecule has 3 amide bonds. The molecular formula is C18H27N3O4. The Kier molecular flexibility index (Phi) is 5.39. The number of carbonyl (C=O) groups excluding carboxylic acids is 4. The molecule has 0 radical (unpaired) electrons. The zero-order valence-corrected chi connectivity index (χ0v) is 14.7. The van der Waals surface area contributed by atoms with Crippen LogP contribution in [0.4, 0.5) is 0 Å². The van der Waals surface area contributed by atoms with Gasteiger partial charge in [-0.1, -0.05) is 19.8 Å². The highest BCUT2D eigenvalue weighted by Crippen LogP contribution is 2.41. The smallest absolute Gasteiger partial charge is 0.289 e. The maximum Gasteiger partial charge on any atom is 0.289 e. The number of fused-ring (bicyclic) bond motifs is 1. The van der Waals surface area contributed by atoms with Gasteiger partial charge in [0.15, 0.2) is 0 Å². The standard InChI is InChI=1S/C18H27N3O4/c1-2-4-14(16(23)18(25)19-12-7-8-12)20-17(24)15-13-6-3-5-11(13)9-21(15)10-22/h10-15H,2-9H2,1H3,(H,19,25)(H,20,24). The van der Waals surface area contributed by atoms with Gasteiger partial charge in [-0.25, -0.2) is 0 Å². The normalized spacial score (nSPS) is 29.0. The minimum Gasteiger partial charge on any atom is -0.347 e. The Hall–Kier alpha value is -1.92. The predicted octanol–water partition coefficient (Wildman–Crippen LogP) is 0.376. The number of nitrogens with zero attached hydrogens (tertiary/aromatic N) is 1. The number of amides is 3. The van der Waals surface area contributed by atoms with Crippen molar-refractivity contribution in [3.05, 3.63) is 0 Å². The molecule has 7 nitrogen and oxygen atoms in total. The lowest BCUT2D eigenvalue weighted by molar-refractivity contribution is -0.141. The summed E-state index contributed by atoms with van der Waals surface area (Å²) < 4.78 is 0. The van der Waals surface area contributed by atoms with E-state index in [9.17, 15) is 19.2 Å². The number of carbonyl (C=O) groups is 4. The lowest BCUT2D eigenvalue weighted by atomic mass is 9.93. The van der Waals surface area contributed by atoms with Crippen molar-refractivity contribution >= 4 is 24.0 Å². The van der Waals surface area contributed by atoms with Gasteiger partial charge in [0, 0.05) is 12.6 Å². The van der Waals surface area contributed by atoms with Gasteiger partial charge in [-0.2, -0.15) is 0 Å². The Morgan fingerprint density at radius 3 is 2.60 bits per heavy atom. The first-order chi connectivity index (χ1) is 12.0. The van der Waals surface area contributed by atoms with E-state index in [1.54, 1.807) is 4.90 Å². The van der Waals surface area contributed by atoms with Crippen molar-refractivity contribution in [1.29, 1.82) is 0 Å². The number of nitrogens with one attached hydrogen (secondary N) is 2. The molecule has 25 heavy (non-hydrogen) atoms. The third-order valence-corrected chi connectivity index (χ3v) is 5.68. The Morgan fingerprint density at radius 1 is 1.20 bits per heavy atom. The minimum atomic E-state index is -0.815. The fourth-order valence-corrected chi connectivity index (χ4v) is 4.25. The van der Waals surface area contributed by atoms with Crippen LogP contribution in [0.3, 0.4) is 0 Å². The van der Waals surface area contributed by atoms with Crippen molar-refractivity contribution in [2.45, 2.75) is 70.0 Å². The van der Waals surface area contributed by atoms with E-state index in [1.807, 2.05) is 6.92 Å². The highest BCUT2D eigenvalue weighted by Gasteiger charge is 2.47. The molecule has 0 spiro atoms. The van der Waals surface area contributed by atoms with Crippen LogP contribution < -0.4 is 10.6 Å². The molecule has 2 aliphatic carbocycles. The van der Waals surface area contributed by atoms with Gasteiger partial charge in [-0.3, -0.25) is 19.2 Å². The highest BCUT2D eigenvalue weighted by molar-refractivity contribution is 6.38. The first kappa shape index (κ1) is 17.9. The molecule has 4 atom stereocenters. The van der Waals surface area contributed by atoms with Gasteiger partial charge in [0.1, 0.15) is 6.04 Å². The molecule has 0 aromatic rings. The molecule has 1 heterocycles. The number of likely N-dealkylation sites (tertiary alicyclic amines) is 1. The zero-order valence-electron chi connectivity index (χ0n) is 14.7. The summed E-state index contributed by atoms with van der Waals surface area (Å²) in [6.45, 7) is 2.52. The van der Waals surface area contributed by atoms with E-state index in [0.29, 0.717) is 25.3 Å². The maximum atomic E-state index is 12.8. The van der Waals surface area contributed by atoms with Crippen molar-refractivity contribution in [2.24, 2.45) is 11.8 Å². The van der Waals surface area contributed by atoms with E-state index in [4.69, 9.17) is 0 Å². The summed E-state index contributed by atoms with van der Waals surface area (Å²) in [5.41, 5.74) is 0. The van der Waals surface area contributed by atoms with Gasteiger partial charge in [-0.15, -0.1) is 0 Å². The van der Waals surface area contributed by atoms with E-state index in [-0.39, 0.29) is 17.9 Å². The summed E-state index contributed by atoms with van der Waals surface area (Å²) in [6, 6.07) is -1.22. The van der Waals surface area contributed by atoms with E-state index in [1.165, 1.54) is 0 Å². The molecule has 0 aromatic heterocycles. The second kappa shape index (κ2) is 7.54.